The van der Waals surface area contributed by atoms with Crippen molar-refractivity contribution in [2.24, 2.45) is 5.14 Å². The molecule has 27 heavy (non-hydrogen) atoms. The SMILES string of the molecule is Cc1ccc(-c2cc(C(F)(F)F)nn2-c2ccc(S(N)(=O)=O)c(O)c2)cc1. The van der Waals surface area contributed by atoms with E-state index in [9.17, 15) is 26.7 Å². The monoisotopic (exact) mass is 397 g/mol. The highest BCUT2D eigenvalue weighted by Crippen LogP contribution is 2.34. The van der Waals surface area contributed by atoms with Crippen molar-refractivity contribution in [3.05, 3.63) is 59.8 Å². The summed E-state index contributed by atoms with van der Waals surface area (Å²) in [5.41, 5.74) is 0.457. The fourth-order valence-corrected chi connectivity index (χ4v) is 3.13. The van der Waals surface area contributed by atoms with Crippen LogP contribution in [-0.2, 0) is 16.2 Å². The number of rotatable bonds is 3. The Morgan fingerprint density at radius 1 is 1.07 bits per heavy atom. The first-order valence-corrected chi connectivity index (χ1v) is 9.12. The van der Waals surface area contributed by atoms with Gasteiger partial charge in [0.2, 0.25) is 10.0 Å². The minimum Gasteiger partial charge on any atom is -0.506 e. The number of alkyl halides is 3. The van der Waals surface area contributed by atoms with Gasteiger partial charge in [-0.05, 0) is 25.1 Å². The lowest BCUT2D eigenvalue weighted by Gasteiger charge is -2.10. The van der Waals surface area contributed by atoms with Gasteiger partial charge >= 0.3 is 6.18 Å². The smallest absolute Gasteiger partial charge is 0.435 e. The second kappa shape index (κ2) is 6.39. The summed E-state index contributed by atoms with van der Waals surface area (Å²) in [7, 11) is -4.18. The molecule has 2 aromatic carbocycles. The number of hydrogen-bond donors (Lipinski definition) is 2. The van der Waals surface area contributed by atoms with Gasteiger partial charge in [0, 0.05) is 11.6 Å². The maximum atomic E-state index is 13.2. The average molecular weight is 397 g/mol. The average Bonchev–Trinajstić information content (AvgIpc) is 2.99. The van der Waals surface area contributed by atoms with Crippen molar-refractivity contribution in [1.82, 2.24) is 9.78 Å². The number of phenols is 1. The van der Waals surface area contributed by atoms with E-state index in [0.717, 1.165) is 28.4 Å². The largest absolute Gasteiger partial charge is 0.506 e. The molecular weight excluding hydrogens is 383 g/mol. The van der Waals surface area contributed by atoms with E-state index in [-0.39, 0.29) is 11.4 Å². The minimum absolute atomic E-state index is 0.0472. The van der Waals surface area contributed by atoms with Gasteiger partial charge in [0.1, 0.15) is 10.6 Å². The quantitative estimate of drug-likeness (QED) is 0.709. The van der Waals surface area contributed by atoms with E-state index in [1.54, 1.807) is 24.3 Å². The van der Waals surface area contributed by atoms with Crippen molar-refractivity contribution in [2.75, 3.05) is 0 Å². The predicted molar refractivity (Wildman–Crippen MR) is 91.8 cm³/mol. The van der Waals surface area contributed by atoms with Crippen LogP contribution >= 0.6 is 0 Å². The number of benzene rings is 2. The Bertz CT molecular complexity index is 1100. The Kier molecular flexibility index (Phi) is 4.48. The molecule has 1 heterocycles. The molecule has 3 N–H and O–H groups in total. The molecule has 0 radical (unpaired) electrons. The molecule has 3 aromatic rings. The van der Waals surface area contributed by atoms with Gasteiger partial charge in [-0.2, -0.15) is 18.3 Å². The van der Waals surface area contributed by atoms with Crippen molar-refractivity contribution in [1.29, 1.82) is 0 Å². The molecule has 0 amide bonds. The number of phenolic OH excluding ortho intramolecular Hbond substituents is 1. The summed E-state index contributed by atoms with van der Waals surface area (Å²) in [6.45, 7) is 1.84. The molecule has 0 fully saturated rings. The second-order valence-electron chi connectivity index (χ2n) is 5.89. The maximum Gasteiger partial charge on any atom is 0.435 e. The van der Waals surface area contributed by atoms with Gasteiger partial charge in [-0.15, -0.1) is 0 Å². The van der Waals surface area contributed by atoms with Gasteiger partial charge in [0.05, 0.1) is 11.4 Å². The molecule has 0 saturated carbocycles. The van der Waals surface area contributed by atoms with E-state index in [1.807, 2.05) is 6.92 Å². The Labute approximate surface area is 152 Å². The number of aromatic hydroxyl groups is 1. The molecule has 0 unspecified atom stereocenters. The zero-order valence-corrected chi connectivity index (χ0v) is 14.7. The fourth-order valence-electron chi connectivity index (χ4n) is 2.52. The lowest BCUT2D eigenvalue weighted by molar-refractivity contribution is -0.141. The third-order valence-electron chi connectivity index (χ3n) is 3.84. The second-order valence-corrected chi connectivity index (χ2v) is 7.42. The highest BCUT2D eigenvalue weighted by atomic mass is 32.2. The summed E-state index contributed by atoms with van der Waals surface area (Å²) in [5, 5.41) is 18.5. The van der Waals surface area contributed by atoms with E-state index in [4.69, 9.17) is 5.14 Å². The van der Waals surface area contributed by atoms with E-state index in [2.05, 4.69) is 5.10 Å². The number of nitrogens with two attached hydrogens (primary N) is 1. The summed E-state index contributed by atoms with van der Waals surface area (Å²) in [6.07, 6.45) is -4.67. The summed E-state index contributed by atoms with van der Waals surface area (Å²) < 4.78 is 63.3. The van der Waals surface area contributed by atoms with Crippen LogP contribution < -0.4 is 5.14 Å². The van der Waals surface area contributed by atoms with Crippen LogP contribution in [0.1, 0.15) is 11.3 Å². The maximum absolute atomic E-state index is 13.2. The van der Waals surface area contributed by atoms with Crippen molar-refractivity contribution in [3.63, 3.8) is 0 Å². The van der Waals surface area contributed by atoms with Gasteiger partial charge in [-0.3, -0.25) is 0 Å². The molecule has 142 valence electrons. The summed E-state index contributed by atoms with van der Waals surface area (Å²) in [6, 6.07) is 10.9. The van der Waals surface area contributed by atoms with Gasteiger partial charge in [0.15, 0.2) is 5.69 Å². The van der Waals surface area contributed by atoms with Crippen molar-refractivity contribution < 1.29 is 26.7 Å². The van der Waals surface area contributed by atoms with Gasteiger partial charge in [-0.25, -0.2) is 18.2 Å². The van der Waals surface area contributed by atoms with Crippen LogP contribution in [0.15, 0.2) is 53.4 Å². The van der Waals surface area contributed by atoms with Crippen LogP contribution in [0.5, 0.6) is 5.75 Å². The number of primary sulfonamides is 1. The lowest BCUT2D eigenvalue weighted by Crippen LogP contribution is -2.12. The van der Waals surface area contributed by atoms with Gasteiger partial charge in [-0.1, -0.05) is 29.8 Å². The van der Waals surface area contributed by atoms with Crippen LogP contribution in [0.4, 0.5) is 13.2 Å². The zero-order chi connectivity index (χ0) is 20.0. The van der Waals surface area contributed by atoms with Crippen molar-refractivity contribution in [3.8, 4) is 22.7 Å². The van der Waals surface area contributed by atoms with E-state index >= 15 is 0 Å². The van der Waals surface area contributed by atoms with Crippen molar-refractivity contribution in [2.45, 2.75) is 18.0 Å². The first-order chi connectivity index (χ1) is 12.5. The van der Waals surface area contributed by atoms with Crippen LogP contribution in [0, 0.1) is 6.92 Å². The van der Waals surface area contributed by atoms with Gasteiger partial charge in [0.25, 0.3) is 0 Å². The van der Waals surface area contributed by atoms with E-state index in [0.29, 0.717) is 5.56 Å². The Hall–Kier alpha value is -2.85. The van der Waals surface area contributed by atoms with E-state index in [1.165, 1.54) is 6.07 Å². The first-order valence-electron chi connectivity index (χ1n) is 7.57. The Balaban J connectivity index is 2.21. The number of sulfonamides is 1. The molecule has 10 heteroatoms. The third kappa shape index (κ3) is 3.81. The van der Waals surface area contributed by atoms with Crippen LogP contribution in [0.25, 0.3) is 16.9 Å². The standard InChI is InChI=1S/C17H14F3N3O3S/c1-10-2-4-11(5-3-10)13-9-16(17(18,19)20)22-23(13)12-6-7-15(14(24)8-12)27(21,25)26/h2-9,24H,1H3,(H2,21,25,26). The summed E-state index contributed by atoms with van der Waals surface area (Å²) in [4.78, 5) is -0.536. The molecule has 0 atom stereocenters. The molecule has 0 saturated heterocycles. The highest BCUT2D eigenvalue weighted by Gasteiger charge is 2.35. The van der Waals surface area contributed by atoms with E-state index < -0.39 is 32.5 Å². The molecule has 1 aromatic heterocycles. The topological polar surface area (TPSA) is 98.2 Å². The lowest BCUT2D eigenvalue weighted by atomic mass is 10.1. The molecule has 3 rings (SSSR count). The number of aryl methyl sites for hydroxylation is 1. The minimum atomic E-state index is -4.67. The normalized spacial score (nSPS) is 12.3. The molecule has 0 aliphatic carbocycles. The molecule has 0 aliphatic rings. The molecule has 0 bridgehead atoms. The van der Waals surface area contributed by atoms with Crippen molar-refractivity contribution >= 4 is 10.0 Å². The first kappa shape index (κ1) is 18.9. The van der Waals surface area contributed by atoms with Gasteiger partial charge < -0.3 is 5.11 Å². The number of aromatic nitrogens is 2. The van der Waals surface area contributed by atoms with Crippen LogP contribution in [0.3, 0.4) is 0 Å². The fraction of sp³-hybridized carbons (Fsp3) is 0.118. The van der Waals surface area contributed by atoms with Crippen LogP contribution in [0.2, 0.25) is 0 Å². The summed E-state index contributed by atoms with van der Waals surface area (Å²) in [5.74, 6) is -0.686. The number of nitrogens with zero attached hydrogens (tertiary/aromatic N) is 2. The number of hydrogen-bond acceptors (Lipinski definition) is 4. The highest BCUT2D eigenvalue weighted by molar-refractivity contribution is 7.89. The molecule has 0 spiro atoms. The Morgan fingerprint density at radius 3 is 2.22 bits per heavy atom. The molecule has 6 nitrogen and oxygen atoms in total. The summed E-state index contributed by atoms with van der Waals surface area (Å²) >= 11 is 0. The third-order valence-corrected chi connectivity index (χ3v) is 4.80. The molecular formula is C17H14F3N3O3S. The number of halogens is 3. The van der Waals surface area contributed by atoms with Crippen LogP contribution in [-0.4, -0.2) is 23.3 Å². The zero-order valence-electron chi connectivity index (χ0n) is 13.9. The predicted octanol–water partition coefficient (Wildman–Crippen LogP) is 3.22. The Morgan fingerprint density at radius 2 is 1.70 bits per heavy atom. The molecule has 0 aliphatic heterocycles.